The van der Waals surface area contributed by atoms with Gasteiger partial charge in [0.1, 0.15) is 4.88 Å². The molecule has 1 fully saturated rings. The van der Waals surface area contributed by atoms with Gasteiger partial charge in [-0.1, -0.05) is 23.1 Å². The molecular formula is C11H12N2O4S2. The molecule has 1 unspecified atom stereocenters. The van der Waals surface area contributed by atoms with Gasteiger partial charge in [-0.05, 0) is 5.92 Å². The Bertz CT molecular complexity index is 529. The third-order valence-corrected chi connectivity index (χ3v) is 4.72. The van der Waals surface area contributed by atoms with E-state index in [0.717, 1.165) is 11.3 Å². The molecule has 102 valence electrons. The van der Waals surface area contributed by atoms with Gasteiger partial charge in [-0.25, -0.2) is 9.78 Å². The number of hydrogen-bond donors (Lipinski definition) is 1. The van der Waals surface area contributed by atoms with Crippen LogP contribution in [0.25, 0.3) is 0 Å². The average molecular weight is 300 g/mol. The van der Waals surface area contributed by atoms with Crippen LogP contribution in [0.5, 0.6) is 0 Å². The predicted molar refractivity (Wildman–Crippen MR) is 72.7 cm³/mol. The smallest absolute Gasteiger partial charge is 0.347 e. The van der Waals surface area contributed by atoms with Crippen molar-refractivity contribution in [1.29, 1.82) is 0 Å². The second kappa shape index (κ2) is 5.70. The van der Waals surface area contributed by atoms with Gasteiger partial charge in [-0.15, -0.1) is 0 Å². The van der Waals surface area contributed by atoms with Crippen LogP contribution in [0.4, 0.5) is 5.13 Å². The summed E-state index contributed by atoms with van der Waals surface area (Å²) in [6.07, 6.45) is 1.63. The second-order valence-electron chi connectivity index (χ2n) is 4.19. The first-order valence-electron chi connectivity index (χ1n) is 5.60. The van der Waals surface area contributed by atoms with E-state index in [2.05, 4.69) is 4.98 Å². The lowest BCUT2D eigenvalue weighted by Crippen LogP contribution is -2.24. The zero-order chi connectivity index (χ0) is 14.0. The molecule has 8 heteroatoms. The molecule has 1 aliphatic heterocycles. The Morgan fingerprint density at radius 3 is 2.95 bits per heavy atom. The highest BCUT2D eigenvalue weighted by Gasteiger charge is 2.32. The van der Waals surface area contributed by atoms with Crippen LogP contribution in [-0.4, -0.2) is 39.4 Å². The first-order chi connectivity index (χ1) is 8.97. The number of thioether (sulfide) groups is 1. The van der Waals surface area contributed by atoms with E-state index < -0.39 is 5.97 Å². The molecule has 0 saturated carbocycles. The standard InChI is InChI=1S/C11H12N2O4S2/c1-6(14)18-5-7-2-9(15)13(4-7)11-12-3-8(19-11)10(16)17/h3,7H,2,4-5H2,1H3,(H,16,17). The van der Waals surface area contributed by atoms with Crippen molar-refractivity contribution in [3.63, 3.8) is 0 Å². The Kier molecular flexibility index (Phi) is 4.20. The van der Waals surface area contributed by atoms with Gasteiger partial charge < -0.3 is 5.11 Å². The van der Waals surface area contributed by atoms with Gasteiger partial charge in [0.05, 0.1) is 6.20 Å². The number of carbonyl (C=O) groups excluding carboxylic acids is 2. The van der Waals surface area contributed by atoms with E-state index in [4.69, 9.17) is 5.11 Å². The molecular weight excluding hydrogens is 288 g/mol. The van der Waals surface area contributed by atoms with Crippen molar-refractivity contribution in [2.75, 3.05) is 17.2 Å². The molecule has 2 heterocycles. The van der Waals surface area contributed by atoms with Crippen LogP contribution in [0.15, 0.2) is 6.20 Å². The molecule has 1 saturated heterocycles. The van der Waals surface area contributed by atoms with Gasteiger partial charge in [0.15, 0.2) is 10.2 Å². The van der Waals surface area contributed by atoms with Crippen LogP contribution < -0.4 is 4.90 Å². The number of amides is 1. The number of carboxylic acid groups (broad SMARTS) is 1. The van der Waals surface area contributed by atoms with Crippen molar-refractivity contribution in [3.05, 3.63) is 11.1 Å². The fourth-order valence-electron chi connectivity index (χ4n) is 1.80. The highest BCUT2D eigenvalue weighted by atomic mass is 32.2. The maximum absolute atomic E-state index is 11.9. The van der Waals surface area contributed by atoms with Crippen molar-refractivity contribution in [2.45, 2.75) is 13.3 Å². The van der Waals surface area contributed by atoms with Crippen molar-refractivity contribution in [1.82, 2.24) is 4.98 Å². The summed E-state index contributed by atoms with van der Waals surface area (Å²) in [5.41, 5.74) is 0. The van der Waals surface area contributed by atoms with Gasteiger partial charge in [0.25, 0.3) is 0 Å². The van der Waals surface area contributed by atoms with Crippen LogP contribution in [0.1, 0.15) is 23.0 Å². The Hall–Kier alpha value is -1.41. The minimum absolute atomic E-state index is 0.0355. The van der Waals surface area contributed by atoms with Crippen LogP contribution in [0, 0.1) is 5.92 Å². The van der Waals surface area contributed by atoms with Crippen LogP contribution in [0.2, 0.25) is 0 Å². The summed E-state index contributed by atoms with van der Waals surface area (Å²) in [6, 6.07) is 0. The number of carbonyl (C=O) groups is 3. The topological polar surface area (TPSA) is 87.6 Å². The Balaban J connectivity index is 2.02. The zero-order valence-corrected chi connectivity index (χ0v) is 11.8. The number of anilines is 1. The van der Waals surface area contributed by atoms with Crippen LogP contribution in [0.3, 0.4) is 0 Å². The van der Waals surface area contributed by atoms with Crippen molar-refractivity contribution in [3.8, 4) is 0 Å². The molecule has 0 aromatic carbocycles. The zero-order valence-electron chi connectivity index (χ0n) is 10.2. The number of nitrogens with zero attached hydrogens (tertiary/aromatic N) is 2. The molecule has 1 aromatic heterocycles. The molecule has 1 aliphatic rings. The summed E-state index contributed by atoms with van der Waals surface area (Å²) in [5, 5.41) is 9.28. The van der Waals surface area contributed by atoms with Crippen molar-refractivity contribution < 1.29 is 19.5 Å². The Morgan fingerprint density at radius 1 is 1.63 bits per heavy atom. The minimum Gasteiger partial charge on any atom is -0.477 e. The van der Waals surface area contributed by atoms with Crippen molar-refractivity contribution in [2.24, 2.45) is 5.92 Å². The first kappa shape index (κ1) is 14.0. The monoisotopic (exact) mass is 300 g/mol. The molecule has 0 spiro atoms. The molecule has 0 bridgehead atoms. The highest BCUT2D eigenvalue weighted by molar-refractivity contribution is 8.13. The molecule has 1 aromatic rings. The third-order valence-electron chi connectivity index (χ3n) is 2.66. The summed E-state index contributed by atoms with van der Waals surface area (Å²) in [4.78, 5) is 39.1. The summed E-state index contributed by atoms with van der Waals surface area (Å²) < 4.78 is 0. The lowest BCUT2D eigenvalue weighted by atomic mass is 10.1. The van der Waals surface area contributed by atoms with Crippen molar-refractivity contribution >= 4 is 45.2 Å². The quantitative estimate of drug-likeness (QED) is 0.906. The van der Waals surface area contributed by atoms with E-state index in [1.54, 1.807) is 0 Å². The summed E-state index contributed by atoms with van der Waals surface area (Å²) in [5.74, 6) is -0.396. The fourth-order valence-corrected chi connectivity index (χ4v) is 3.28. The molecule has 1 atom stereocenters. The fraction of sp³-hybridized carbons (Fsp3) is 0.455. The molecule has 1 N–H and O–H groups in total. The third kappa shape index (κ3) is 3.32. The van der Waals surface area contributed by atoms with Gasteiger partial charge >= 0.3 is 5.97 Å². The lowest BCUT2D eigenvalue weighted by Gasteiger charge is -2.12. The second-order valence-corrected chi connectivity index (χ2v) is 6.40. The predicted octanol–water partition coefficient (Wildman–Crippen LogP) is 1.47. The molecule has 1 amide bonds. The number of carboxylic acids is 1. The van der Waals surface area contributed by atoms with Crippen LogP contribution in [-0.2, 0) is 9.59 Å². The molecule has 19 heavy (non-hydrogen) atoms. The van der Waals surface area contributed by atoms with E-state index in [-0.39, 0.29) is 21.8 Å². The van der Waals surface area contributed by atoms with E-state index in [0.29, 0.717) is 23.8 Å². The van der Waals surface area contributed by atoms with E-state index >= 15 is 0 Å². The maximum Gasteiger partial charge on any atom is 0.347 e. The van der Waals surface area contributed by atoms with Gasteiger partial charge in [-0.2, -0.15) is 0 Å². The minimum atomic E-state index is -1.04. The largest absolute Gasteiger partial charge is 0.477 e. The highest BCUT2D eigenvalue weighted by Crippen LogP contribution is 2.30. The Labute approximate surface area is 117 Å². The molecule has 6 nitrogen and oxygen atoms in total. The molecule has 2 rings (SSSR count). The van der Waals surface area contributed by atoms with Gasteiger partial charge in [0, 0.05) is 25.6 Å². The lowest BCUT2D eigenvalue weighted by molar-refractivity contribution is -0.117. The normalized spacial score (nSPS) is 18.9. The van der Waals surface area contributed by atoms with Gasteiger partial charge in [-0.3, -0.25) is 14.5 Å². The number of thiazole rings is 1. The number of hydrogen-bond acceptors (Lipinski definition) is 6. The molecule has 0 radical (unpaired) electrons. The summed E-state index contributed by atoms with van der Waals surface area (Å²) in [6.45, 7) is 1.99. The van der Waals surface area contributed by atoms with E-state index in [1.807, 2.05) is 0 Å². The van der Waals surface area contributed by atoms with E-state index in [9.17, 15) is 14.4 Å². The van der Waals surface area contributed by atoms with E-state index in [1.165, 1.54) is 29.8 Å². The number of rotatable bonds is 4. The Morgan fingerprint density at radius 2 is 2.37 bits per heavy atom. The van der Waals surface area contributed by atoms with Crippen LogP contribution >= 0.6 is 23.1 Å². The maximum atomic E-state index is 11.9. The molecule has 0 aliphatic carbocycles. The average Bonchev–Trinajstić information content (AvgIpc) is 2.92. The summed E-state index contributed by atoms with van der Waals surface area (Å²) >= 11 is 2.20. The number of aromatic carboxylic acids is 1. The number of aromatic nitrogens is 1. The van der Waals surface area contributed by atoms with Gasteiger partial charge in [0.2, 0.25) is 5.91 Å². The SMILES string of the molecule is CC(=O)SCC1CC(=O)N(c2ncc(C(=O)O)s2)C1. The summed E-state index contributed by atoms with van der Waals surface area (Å²) in [7, 11) is 0. The first-order valence-corrected chi connectivity index (χ1v) is 7.40.